The number of fused-ring (bicyclic) bond motifs is 1. The predicted octanol–water partition coefficient (Wildman–Crippen LogP) is 4.84. The lowest BCUT2D eigenvalue weighted by molar-refractivity contribution is 0.871. The van der Waals surface area contributed by atoms with E-state index >= 15 is 0 Å². The molecule has 0 spiro atoms. The van der Waals surface area contributed by atoms with Crippen LogP contribution in [0.25, 0.3) is 17.0 Å². The van der Waals surface area contributed by atoms with E-state index in [-0.39, 0.29) is 6.04 Å². The summed E-state index contributed by atoms with van der Waals surface area (Å²) in [7, 11) is 0. The smallest absolute Gasteiger partial charge is 0.145 e. The molecule has 5 nitrogen and oxygen atoms in total. The Morgan fingerprint density at radius 2 is 1.89 bits per heavy atom. The minimum atomic E-state index is 0.152. The van der Waals surface area contributed by atoms with Crippen LogP contribution < -0.4 is 5.32 Å². The van der Waals surface area contributed by atoms with Crippen molar-refractivity contribution in [2.24, 2.45) is 0 Å². The van der Waals surface area contributed by atoms with Crippen LogP contribution in [0.4, 0.5) is 5.82 Å². The third-order valence-corrected chi connectivity index (χ3v) is 5.14. The van der Waals surface area contributed by atoms with Crippen LogP contribution in [0.15, 0.2) is 67.3 Å². The first-order valence-electron chi connectivity index (χ1n) is 9.39. The summed E-state index contributed by atoms with van der Waals surface area (Å²) in [5, 5.41) is 3.44. The maximum Gasteiger partial charge on any atom is 0.145 e. The second-order valence-corrected chi connectivity index (χ2v) is 7.17. The van der Waals surface area contributed by atoms with E-state index in [0.29, 0.717) is 5.92 Å². The van der Waals surface area contributed by atoms with Crippen LogP contribution in [0.3, 0.4) is 0 Å². The van der Waals surface area contributed by atoms with Crippen molar-refractivity contribution in [3.8, 4) is 11.4 Å². The van der Waals surface area contributed by atoms with Gasteiger partial charge in [0.25, 0.3) is 0 Å². The quantitative estimate of drug-likeness (QED) is 0.556. The van der Waals surface area contributed by atoms with Gasteiger partial charge in [-0.3, -0.25) is 9.38 Å². The van der Waals surface area contributed by atoms with Crippen molar-refractivity contribution < 1.29 is 0 Å². The first-order chi connectivity index (χ1) is 13.3. The zero-order chi connectivity index (χ0) is 18.2. The van der Waals surface area contributed by atoms with E-state index in [0.717, 1.165) is 22.9 Å². The van der Waals surface area contributed by atoms with Crippen molar-refractivity contribution in [2.45, 2.75) is 31.7 Å². The molecule has 0 saturated heterocycles. The molecule has 5 rings (SSSR count). The van der Waals surface area contributed by atoms with Crippen LogP contribution >= 0.6 is 0 Å². The fourth-order valence-corrected chi connectivity index (χ4v) is 3.45. The summed E-state index contributed by atoms with van der Waals surface area (Å²) in [5.74, 6) is 1.47. The third-order valence-electron chi connectivity index (χ3n) is 5.14. The van der Waals surface area contributed by atoms with E-state index in [1.54, 1.807) is 12.4 Å². The summed E-state index contributed by atoms with van der Waals surface area (Å²) < 4.78 is 2.13. The van der Waals surface area contributed by atoms with Gasteiger partial charge < -0.3 is 5.32 Å². The normalized spacial score (nSPS) is 15.0. The van der Waals surface area contributed by atoms with E-state index in [9.17, 15) is 0 Å². The molecule has 1 aliphatic rings. The molecule has 0 amide bonds. The van der Waals surface area contributed by atoms with Crippen LogP contribution in [-0.2, 0) is 0 Å². The summed E-state index contributed by atoms with van der Waals surface area (Å²) in [6.45, 7) is 2.12. The molecule has 1 N–H and O–H groups in total. The fraction of sp³-hybridized carbons (Fsp3) is 0.227. The number of nitrogens with zero attached hydrogens (tertiary/aromatic N) is 4. The molecular formula is C22H21N5. The van der Waals surface area contributed by atoms with Gasteiger partial charge in [-0.05, 0) is 42.9 Å². The lowest BCUT2D eigenvalue weighted by Gasteiger charge is -2.15. The number of anilines is 1. The molecule has 1 atom stereocenters. The Morgan fingerprint density at radius 3 is 2.70 bits per heavy atom. The van der Waals surface area contributed by atoms with Gasteiger partial charge in [0.1, 0.15) is 17.2 Å². The van der Waals surface area contributed by atoms with Crippen molar-refractivity contribution in [1.29, 1.82) is 0 Å². The van der Waals surface area contributed by atoms with Crippen molar-refractivity contribution in [3.63, 3.8) is 0 Å². The SMILES string of the molecule is CC(Nc1cncc(-c2cnc3ccc(C4CC4)cn23)n1)c1ccccc1. The van der Waals surface area contributed by atoms with Gasteiger partial charge in [0, 0.05) is 12.2 Å². The number of hydrogen-bond acceptors (Lipinski definition) is 4. The monoisotopic (exact) mass is 355 g/mol. The highest BCUT2D eigenvalue weighted by Gasteiger charge is 2.24. The van der Waals surface area contributed by atoms with Crippen LogP contribution in [0.2, 0.25) is 0 Å². The van der Waals surface area contributed by atoms with Gasteiger partial charge >= 0.3 is 0 Å². The van der Waals surface area contributed by atoms with E-state index in [4.69, 9.17) is 4.98 Å². The van der Waals surface area contributed by atoms with Crippen LogP contribution in [0, 0.1) is 0 Å². The molecule has 1 fully saturated rings. The number of pyridine rings is 1. The Bertz CT molecular complexity index is 1080. The lowest BCUT2D eigenvalue weighted by Crippen LogP contribution is -2.08. The molecule has 3 aromatic heterocycles. The minimum absolute atomic E-state index is 0.152. The highest BCUT2D eigenvalue weighted by Crippen LogP contribution is 2.40. The standard InChI is InChI=1S/C22H21N5/c1-15(16-5-3-2-4-6-16)25-21-13-23-11-19(26-21)20-12-24-22-10-9-18(14-27(20)22)17-7-8-17/h2-6,9-15,17H,7-8H2,1H3,(H,25,26). The van der Waals surface area contributed by atoms with Crippen LogP contribution in [0.1, 0.15) is 42.9 Å². The Morgan fingerprint density at radius 1 is 1.04 bits per heavy atom. The predicted molar refractivity (Wildman–Crippen MR) is 107 cm³/mol. The summed E-state index contributed by atoms with van der Waals surface area (Å²) in [5.41, 5.74) is 5.32. The number of nitrogens with one attached hydrogen (secondary N) is 1. The van der Waals surface area contributed by atoms with Gasteiger partial charge in [-0.2, -0.15) is 0 Å². The van der Waals surface area contributed by atoms with Crippen LogP contribution in [-0.4, -0.2) is 19.4 Å². The average Bonchev–Trinajstić information content (AvgIpc) is 3.48. The highest BCUT2D eigenvalue weighted by molar-refractivity contribution is 5.61. The molecule has 1 unspecified atom stereocenters. The van der Waals surface area contributed by atoms with E-state index in [2.05, 4.69) is 57.1 Å². The molecule has 0 bridgehead atoms. The third kappa shape index (κ3) is 3.16. The molecule has 0 radical (unpaired) electrons. The number of hydrogen-bond donors (Lipinski definition) is 1. The van der Waals surface area contributed by atoms with Gasteiger partial charge in [-0.15, -0.1) is 0 Å². The molecule has 4 aromatic rings. The highest BCUT2D eigenvalue weighted by atomic mass is 15.1. The summed E-state index contributed by atoms with van der Waals surface area (Å²) in [4.78, 5) is 13.7. The topological polar surface area (TPSA) is 55.1 Å². The zero-order valence-electron chi connectivity index (χ0n) is 15.2. The molecule has 1 aliphatic carbocycles. The number of aromatic nitrogens is 4. The van der Waals surface area contributed by atoms with Crippen molar-refractivity contribution in [1.82, 2.24) is 19.4 Å². The van der Waals surface area contributed by atoms with Gasteiger partial charge in [0.05, 0.1) is 24.3 Å². The molecule has 1 saturated carbocycles. The summed E-state index contributed by atoms with van der Waals surface area (Å²) in [6.07, 6.45) is 10.2. The molecule has 134 valence electrons. The van der Waals surface area contributed by atoms with Crippen LogP contribution in [0.5, 0.6) is 0 Å². The second kappa shape index (κ2) is 6.50. The molecule has 1 aromatic carbocycles. The summed E-state index contributed by atoms with van der Waals surface area (Å²) in [6, 6.07) is 14.8. The van der Waals surface area contributed by atoms with Gasteiger partial charge in [-0.25, -0.2) is 9.97 Å². The molecular weight excluding hydrogens is 334 g/mol. The minimum Gasteiger partial charge on any atom is -0.362 e. The Balaban J connectivity index is 1.47. The maximum atomic E-state index is 4.79. The Hall–Kier alpha value is -3.21. The average molecular weight is 355 g/mol. The first kappa shape index (κ1) is 16.0. The number of imidazole rings is 1. The van der Waals surface area contributed by atoms with E-state index in [1.807, 2.05) is 24.4 Å². The Kier molecular flexibility index (Phi) is 3.85. The zero-order valence-corrected chi connectivity index (χ0v) is 15.2. The van der Waals surface area contributed by atoms with Gasteiger partial charge in [0.15, 0.2) is 0 Å². The lowest BCUT2D eigenvalue weighted by atomic mass is 10.1. The second-order valence-electron chi connectivity index (χ2n) is 7.17. The largest absolute Gasteiger partial charge is 0.362 e. The van der Waals surface area contributed by atoms with E-state index < -0.39 is 0 Å². The number of rotatable bonds is 5. The number of benzene rings is 1. The fourth-order valence-electron chi connectivity index (χ4n) is 3.45. The first-order valence-corrected chi connectivity index (χ1v) is 9.39. The Labute approximate surface area is 158 Å². The molecule has 5 heteroatoms. The molecule has 3 heterocycles. The van der Waals surface area contributed by atoms with Crippen molar-refractivity contribution >= 4 is 11.5 Å². The molecule has 27 heavy (non-hydrogen) atoms. The van der Waals surface area contributed by atoms with Crippen molar-refractivity contribution in [3.05, 3.63) is 78.4 Å². The maximum absolute atomic E-state index is 4.79. The van der Waals surface area contributed by atoms with Crippen molar-refractivity contribution in [2.75, 3.05) is 5.32 Å². The van der Waals surface area contributed by atoms with Gasteiger partial charge in [0.2, 0.25) is 0 Å². The molecule has 0 aliphatic heterocycles. The summed E-state index contributed by atoms with van der Waals surface area (Å²) >= 11 is 0. The van der Waals surface area contributed by atoms with E-state index in [1.165, 1.54) is 24.0 Å². The van der Waals surface area contributed by atoms with Gasteiger partial charge in [-0.1, -0.05) is 36.4 Å².